The molecule has 2 rings (SSSR count). The van der Waals surface area contributed by atoms with E-state index in [0.29, 0.717) is 25.5 Å². The summed E-state index contributed by atoms with van der Waals surface area (Å²) in [5.74, 6) is 1.59. The number of aromatic nitrogens is 1. The van der Waals surface area contributed by atoms with Gasteiger partial charge in [-0.15, -0.1) is 0 Å². The van der Waals surface area contributed by atoms with Gasteiger partial charge in [0.25, 0.3) is 0 Å². The van der Waals surface area contributed by atoms with Crippen molar-refractivity contribution in [1.29, 1.82) is 0 Å². The van der Waals surface area contributed by atoms with Crippen molar-refractivity contribution in [1.82, 2.24) is 5.16 Å². The summed E-state index contributed by atoms with van der Waals surface area (Å²) in [7, 11) is 1.62. The molecule has 0 unspecified atom stereocenters. The van der Waals surface area contributed by atoms with Crippen LogP contribution in [0.15, 0.2) is 22.7 Å². The van der Waals surface area contributed by atoms with E-state index in [1.54, 1.807) is 7.11 Å². The molecule has 0 saturated heterocycles. The van der Waals surface area contributed by atoms with Gasteiger partial charge in [-0.3, -0.25) is 0 Å². The van der Waals surface area contributed by atoms with Gasteiger partial charge in [0.05, 0.1) is 0 Å². The lowest BCUT2D eigenvalue weighted by molar-refractivity contribution is 0.155. The second kappa shape index (κ2) is 7.24. The minimum Gasteiger partial charge on any atom is -0.487 e. The van der Waals surface area contributed by atoms with E-state index in [1.165, 1.54) is 5.56 Å². The maximum Gasteiger partial charge on any atom is 0.162 e. The zero-order chi connectivity index (χ0) is 15.2. The SMILES string of the molecule is COCc1cc(COc2c(C)cc(CCN)cc2C)no1. The van der Waals surface area contributed by atoms with Crippen LogP contribution in [-0.4, -0.2) is 18.8 Å². The van der Waals surface area contributed by atoms with E-state index in [2.05, 4.69) is 17.3 Å². The highest BCUT2D eigenvalue weighted by atomic mass is 16.5. The van der Waals surface area contributed by atoms with E-state index in [4.69, 9.17) is 19.7 Å². The lowest BCUT2D eigenvalue weighted by atomic mass is 10.0. The van der Waals surface area contributed by atoms with Gasteiger partial charge in [-0.1, -0.05) is 17.3 Å². The highest BCUT2D eigenvalue weighted by Crippen LogP contribution is 2.26. The molecule has 114 valence electrons. The molecular weight excluding hydrogens is 268 g/mol. The van der Waals surface area contributed by atoms with Crippen LogP contribution in [0.2, 0.25) is 0 Å². The molecule has 5 heteroatoms. The molecule has 1 aromatic carbocycles. The van der Waals surface area contributed by atoms with Gasteiger partial charge in [-0.05, 0) is 43.5 Å². The highest BCUT2D eigenvalue weighted by Gasteiger charge is 2.09. The van der Waals surface area contributed by atoms with Crippen LogP contribution in [0.5, 0.6) is 5.75 Å². The largest absolute Gasteiger partial charge is 0.487 e. The first-order valence-corrected chi connectivity index (χ1v) is 7.00. The second-order valence-electron chi connectivity index (χ2n) is 5.10. The number of nitrogens with zero attached hydrogens (tertiary/aromatic N) is 1. The summed E-state index contributed by atoms with van der Waals surface area (Å²) in [6.07, 6.45) is 0.881. The van der Waals surface area contributed by atoms with Crippen LogP contribution in [0, 0.1) is 13.8 Å². The first-order valence-electron chi connectivity index (χ1n) is 7.00. The Kier molecular flexibility index (Phi) is 5.36. The van der Waals surface area contributed by atoms with Gasteiger partial charge < -0.3 is 19.7 Å². The summed E-state index contributed by atoms with van der Waals surface area (Å²) in [6.45, 7) is 5.53. The number of ether oxygens (including phenoxy) is 2. The van der Waals surface area contributed by atoms with Gasteiger partial charge in [-0.2, -0.15) is 0 Å². The summed E-state index contributed by atoms with van der Waals surface area (Å²) in [6, 6.07) is 6.08. The average Bonchev–Trinajstić information content (AvgIpc) is 2.86. The van der Waals surface area contributed by atoms with E-state index in [0.717, 1.165) is 29.0 Å². The van der Waals surface area contributed by atoms with Crippen LogP contribution in [0.25, 0.3) is 0 Å². The third kappa shape index (κ3) is 4.06. The number of hydrogen-bond acceptors (Lipinski definition) is 5. The van der Waals surface area contributed by atoms with Gasteiger partial charge in [0.2, 0.25) is 0 Å². The van der Waals surface area contributed by atoms with Crippen molar-refractivity contribution in [3.63, 3.8) is 0 Å². The number of benzene rings is 1. The molecule has 5 nitrogen and oxygen atoms in total. The fourth-order valence-corrected chi connectivity index (χ4v) is 2.36. The van der Waals surface area contributed by atoms with Gasteiger partial charge in [0.1, 0.15) is 24.7 Å². The molecule has 1 heterocycles. The van der Waals surface area contributed by atoms with Crippen molar-refractivity contribution in [2.24, 2.45) is 5.73 Å². The van der Waals surface area contributed by atoms with Crippen LogP contribution < -0.4 is 10.5 Å². The first-order chi connectivity index (χ1) is 10.1. The monoisotopic (exact) mass is 290 g/mol. The standard InChI is InChI=1S/C16H22N2O3/c1-11-6-13(4-5-17)7-12(2)16(11)20-9-14-8-15(10-19-3)21-18-14/h6-8H,4-5,9-10,17H2,1-3H3. The molecule has 0 atom stereocenters. The van der Waals surface area contributed by atoms with E-state index in [1.807, 2.05) is 19.9 Å². The molecule has 0 aliphatic heterocycles. The Labute approximate surface area is 125 Å². The van der Waals surface area contributed by atoms with Crippen LogP contribution in [-0.2, 0) is 24.4 Å². The number of aryl methyl sites for hydroxylation is 2. The molecule has 0 aliphatic rings. The maximum atomic E-state index is 5.88. The zero-order valence-corrected chi connectivity index (χ0v) is 12.8. The van der Waals surface area contributed by atoms with Crippen molar-refractivity contribution in [2.75, 3.05) is 13.7 Å². The Hall–Kier alpha value is -1.85. The van der Waals surface area contributed by atoms with Crippen molar-refractivity contribution in [2.45, 2.75) is 33.5 Å². The normalized spacial score (nSPS) is 10.9. The summed E-state index contributed by atoms with van der Waals surface area (Å²) in [4.78, 5) is 0. The predicted molar refractivity (Wildman–Crippen MR) is 80.2 cm³/mol. The van der Waals surface area contributed by atoms with Crippen LogP contribution >= 0.6 is 0 Å². The molecule has 2 aromatic rings. The van der Waals surface area contributed by atoms with Crippen LogP contribution in [0.1, 0.15) is 28.1 Å². The maximum absolute atomic E-state index is 5.88. The van der Waals surface area contributed by atoms with E-state index in [-0.39, 0.29) is 0 Å². The van der Waals surface area contributed by atoms with Gasteiger partial charge in [0, 0.05) is 13.2 Å². The van der Waals surface area contributed by atoms with Crippen molar-refractivity contribution in [3.8, 4) is 5.75 Å². The fraction of sp³-hybridized carbons (Fsp3) is 0.438. The fourth-order valence-electron chi connectivity index (χ4n) is 2.36. The van der Waals surface area contributed by atoms with Gasteiger partial charge >= 0.3 is 0 Å². The molecule has 0 saturated carbocycles. The van der Waals surface area contributed by atoms with Gasteiger partial charge in [-0.25, -0.2) is 0 Å². The Morgan fingerprint density at radius 2 is 1.86 bits per heavy atom. The zero-order valence-electron chi connectivity index (χ0n) is 12.8. The predicted octanol–water partition coefficient (Wildman–Crippen LogP) is 2.52. The number of nitrogens with two attached hydrogens (primary N) is 1. The molecule has 0 spiro atoms. The molecule has 0 amide bonds. The molecular formula is C16H22N2O3. The van der Waals surface area contributed by atoms with Crippen LogP contribution in [0.3, 0.4) is 0 Å². The van der Waals surface area contributed by atoms with Gasteiger partial charge in [0.15, 0.2) is 5.76 Å². The van der Waals surface area contributed by atoms with Crippen molar-refractivity contribution >= 4 is 0 Å². The minimum absolute atomic E-state index is 0.380. The molecule has 21 heavy (non-hydrogen) atoms. The summed E-state index contributed by atoms with van der Waals surface area (Å²) >= 11 is 0. The number of rotatable bonds is 7. The summed E-state index contributed by atoms with van der Waals surface area (Å²) in [5, 5.41) is 3.96. The van der Waals surface area contributed by atoms with Crippen molar-refractivity contribution in [3.05, 3.63) is 46.3 Å². The number of hydrogen-bond donors (Lipinski definition) is 1. The third-order valence-corrected chi connectivity index (χ3v) is 3.21. The molecule has 0 radical (unpaired) electrons. The smallest absolute Gasteiger partial charge is 0.162 e. The Morgan fingerprint density at radius 3 is 2.48 bits per heavy atom. The Balaban J connectivity index is 2.05. The third-order valence-electron chi connectivity index (χ3n) is 3.21. The topological polar surface area (TPSA) is 70.5 Å². The van der Waals surface area contributed by atoms with E-state index >= 15 is 0 Å². The lowest BCUT2D eigenvalue weighted by Crippen LogP contribution is -2.05. The Bertz CT molecular complexity index is 570. The van der Waals surface area contributed by atoms with E-state index < -0.39 is 0 Å². The summed E-state index contributed by atoms with van der Waals surface area (Å²) < 4.78 is 16.0. The average molecular weight is 290 g/mol. The molecule has 0 fully saturated rings. The highest BCUT2D eigenvalue weighted by molar-refractivity contribution is 5.43. The summed E-state index contributed by atoms with van der Waals surface area (Å²) in [5.41, 5.74) is 9.82. The molecule has 0 bridgehead atoms. The first kappa shape index (κ1) is 15.5. The molecule has 1 aromatic heterocycles. The molecule has 2 N–H and O–H groups in total. The van der Waals surface area contributed by atoms with Crippen molar-refractivity contribution < 1.29 is 14.0 Å². The van der Waals surface area contributed by atoms with E-state index in [9.17, 15) is 0 Å². The quantitative estimate of drug-likeness (QED) is 0.848. The Morgan fingerprint density at radius 1 is 1.14 bits per heavy atom. The minimum atomic E-state index is 0.380. The molecule has 0 aliphatic carbocycles. The van der Waals surface area contributed by atoms with Crippen LogP contribution in [0.4, 0.5) is 0 Å². The lowest BCUT2D eigenvalue weighted by Gasteiger charge is -2.13. The number of methoxy groups -OCH3 is 1. The second-order valence-corrected chi connectivity index (χ2v) is 5.10.